The Morgan fingerprint density at radius 1 is 1.37 bits per heavy atom. The zero-order valence-electron chi connectivity index (χ0n) is 11.1. The first-order valence-electron chi connectivity index (χ1n) is 6.24. The number of nitrogen functional groups attached to an aromatic ring is 1. The van der Waals surface area contributed by atoms with Crippen molar-refractivity contribution in [1.29, 1.82) is 0 Å². The Morgan fingerprint density at radius 3 is 2.74 bits per heavy atom. The number of aryl methyl sites for hydroxylation is 2. The second kappa shape index (κ2) is 6.43. The van der Waals surface area contributed by atoms with E-state index in [1.165, 1.54) is 5.69 Å². The molecule has 2 aromatic heterocycles. The Balaban J connectivity index is 2.14. The van der Waals surface area contributed by atoms with Gasteiger partial charge in [-0.3, -0.25) is 4.68 Å². The summed E-state index contributed by atoms with van der Waals surface area (Å²) in [5.41, 5.74) is 8.65. The van der Waals surface area contributed by atoms with Gasteiger partial charge >= 0.3 is 0 Å². The molecule has 2 heterocycles. The van der Waals surface area contributed by atoms with E-state index in [2.05, 4.69) is 39.9 Å². The molecule has 2 N–H and O–H groups in total. The van der Waals surface area contributed by atoms with Gasteiger partial charge in [-0.25, -0.2) is 4.98 Å². The van der Waals surface area contributed by atoms with Gasteiger partial charge in [0.05, 0.1) is 32.8 Å². The number of nitrogens with two attached hydrogens (primary N) is 1. The maximum Gasteiger partial charge on any atom is 0.0965 e. The van der Waals surface area contributed by atoms with Crippen molar-refractivity contribution in [3.05, 3.63) is 34.2 Å². The maximum absolute atomic E-state index is 5.63. The lowest BCUT2D eigenvalue weighted by Crippen LogP contribution is -2.02. The number of nitrogens with zero attached hydrogens (tertiary/aromatic N) is 3. The first-order valence-corrected chi connectivity index (χ1v) is 8.01. The monoisotopic (exact) mass is 340 g/mol. The molecule has 0 unspecified atom stereocenters. The fourth-order valence-corrected chi connectivity index (χ4v) is 3.53. The zero-order valence-corrected chi connectivity index (χ0v) is 13.5. The van der Waals surface area contributed by atoms with Crippen LogP contribution in [-0.4, -0.2) is 14.8 Å². The predicted octanol–water partition coefficient (Wildman–Crippen LogP) is 3.50. The van der Waals surface area contributed by atoms with Gasteiger partial charge in [0.2, 0.25) is 0 Å². The highest BCUT2D eigenvalue weighted by molar-refractivity contribution is 9.10. The molecule has 6 heteroatoms. The number of halogens is 1. The molecule has 0 aliphatic rings. The average molecular weight is 341 g/mol. The molecule has 0 amide bonds. The van der Waals surface area contributed by atoms with Gasteiger partial charge in [0, 0.05) is 12.3 Å². The van der Waals surface area contributed by atoms with E-state index in [1.807, 2.05) is 16.8 Å². The molecule has 0 radical (unpaired) electrons. The van der Waals surface area contributed by atoms with E-state index in [9.17, 15) is 0 Å². The molecule has 102 valence electrons. The number of hydrogen-bond acceptors (Lipinski definition) is 4. The molecule has 2 aromatic rings. The fourth-order valence-electron chi connectivity index (χ4n) is 1.77. The van der Waals surface area contributed by atoms with Crippen molar-refractivity contribution in [1.82, 2.24) is 14.8 Å². The minimum atomic E-state index is 0.692. The van der Waals surface area contributed by atoms with E-state index in [1.54, 1.807) is 18.0 Å². The van der Waals surface area contributed by atoms with Gasteiger partial charge in [0.15, 0.2) is 0 Å². The highest BCUT2D eigenvalue weighted by Gasteiger charge is 2.14. The third-order valence-electron chi connectivity index (χ3n) is 2.81. The van der Waals surface area contributed by atoms with Crippen LogP contribution in [0.2, 0.25) is 0 Å². The minimum Gasteiger partial charge on any atom is -0.397 e. The lowest BCUT2D eigenvalue weighted by molar-refractivity contribution is 0.627. The van der Waals surface area contributed by atoms with Crippen molar-refractivity contribution in [3.63, 3.8) is 0 Å². The summed E-state index contributed by atoms with van der Waals surface area (Å²) >= 11 is 5.34. The van der Waals surface area contributed by atoms with Crippen molar-refractivity contribution in [3.8, 4) is 0 Å². The van der Waals surface area contributed by atoms with Gasteiger partial charge in [0.25, 0.3) is 0 Å². The summed E-state index contributed by atoms with van der Waals surface area (Å²) in [7, 11) is 0. The summed E-state index contributed by atoms with van der Waals surface area (Å²) in [6.45, 7) is 5.10. The SMILES string of the molecule is CCc1nn(CC)c(CSc2ccc(N)cn2)c1Br. The van der Waals surface area contributed by atoms with Gasteiger partial charge < -0.3 is 5.73 Å². The van der Waals surface area contributed by atoms with Crippen LogP contribution in [0.25, 0.3) is 0 Å². The number of pyridine rings is 1. The molecule has 0 spiro atoms. The van der Waals surface area contributed by atoms with Gasteiger partial charge in [-0.1, -0.05) is 6.92 Å². The third kappa shape index (κ3) is 3.30. The Labute approximate surface area is 125 Å². The summed E-state index contributed by atoms with van der Waals surface area (Å²) in [4.78, 5) is 4.30. The van der Waals surface area contributed by atoms with E-state index in [0.29, 0.717) is 5.69 Å². The molecular weight excluding hydrogens is 324 g/mol. The molecule has 2 rings (SSSR count). The first kappa shape index (κ1) is 14.4. The lowest BCUT2D eigenvalue weighted by atomic mass is 10.3. The number of anilines is 1. The van der Waals surface area contributed by atoms with E-state index in [4.69, 9.17) is 5.73 Å². The Kier molecular flexibility index (Phi) is 4.87. The molecule has 19 heavy (non-hydrogen) atoms. The average Bonchev–Trinajstić information content (AvgIpc) is 2.74. The molecule has 0 aliphatic carbocycles. The van der Waals surface area contributed by atoms with Crippen LogP contribution in [0.5, 0.6) is 0 Å². The maximum atomic E-state index is 5.63. The Morgan fingerprint density at radius 2 is 2.16 bits per heavy atom. The van der Waals surface area contributed by atoms with E-state index >= 15 is 0 Å². The summed E-state index contributed by atoms with van der Waals surface area (Å²) < 4.78 is 3.17. The largest absolute Gasteiger partial charge is 0.397 e. The van der Waals surface area contributed by atoms with Crippen LogP contribution in [0.3, 0.4) is 0 Å². The Bertz CT molecular complexity index is 551. The molecule has 0 fully saturated rings. The van der Waals surface area contributed by atoms with Crippen LogP contribution in [-0.2, 0) is 18.7 Å². The van der Waals surface area contributed by atoms with Crippen molar-refractivity contribution in [2.75, 3.05) is 5.73 Å². The van der Waals surface area contributed by atoms with E-state index in [0.717, 1.165) is 33.9 Å². The van der Waals surface area contributed by atoms with Gasteiger partial charge in [0.1, 0.15) is 0 Å². The first-order chi connectivity index (χ1) is 9.15. The second-order valence-corrected chi connectivity index (χ2v) is 5.88. The molecule has 0 aromatic carbocycles. The predicted molar refractivity (Wildman–Crippen MR) is 83.2 cm³/mol. The topological polar surface area (TPSA) is 56.7 Å². The van der Waals surface area contributed by atoms with Crippen LogP contribution in [0.4, 0.5) is 5.69 Å². The summed E-state index contributed by atoms with van der Waals surface area (Å²) in [5, 5.41) is 5.56. The molecule has 0 atom stereocenters. The molecule has 0 bridgehead atoms. The molecule has 0 saturated heterocycles. The van der Waals surface area contributed by atoms with Crippen molar-refractivity contribution >= 4 is 33.4 Å². The molecule has 4 nitrogen and oxygen atoms in total. The van der Waals surface area contributed by atoms with Crippen LogP contribution in [0, 0.1) is 0 Å². The molecular formula is C13H17BrN4S. The second-order valence-electron chi connectivity index (χ2n) is 4.10. The van der Waals surface area contributed by atoms with Gasteiger partial charge in [-0.2, -0.15) is 5.10 Å². The number of aromatic nitrogens is 3. The van der Waals surface area contributed by atoms with E-state index < -0.39 is 0 Å². The van der Waals surface area contributed by atoms with Crippen LogP contribution in [0.15, 0.2) is 27.8 Å². The smallest absolute Gasteiger partial charge is 0.0965 e. The molecule has 0 aliphatic heterocycles. The summed E-state index contributed by atoms with van der Waals surface area (Å²) in [6, 6.07) is 3.82. The Hall–Kier alpha value is -1.01. The van der Waals surface area contributed by atoms with Gasteiger partial charge in [-0.15, -0.1) is 11.8 Å². The van der Waals surface area contributed by atoms with Gasteiger partial charge in [-0.05, 0) is 41.4 Å². The highest BCUT2D eigenvalue weighted by Crippen LogP contribution is 2.28. The standard InChI is InChI=1S/C13H17BrN4S/c1-3-10-13(14)11(18(4-2)17-10)8-19-12-6-5-9(15)7-16-12/h5-7H,3-4,8,15H2,1-2H3. The normalized spacial score (nSPS) is 10.9. The lowest BCUT2D eigenvalue weighted by Gasteiger charge is -2.05. The fraction of sp³-hybridized carbons (Fsp3) is 0.385. The minimum absolute atomic E-state index is 0.692. The summed E-state index contributed by atoms with van der Waals surface area (Å²) in [6.07, 6.45) is 2.62. The van der Waals surface area contributed by atoms with Crippen LogP contribution < -0.4 is 5.73 Å². The van der Waals surface area contributed by atoms with Crippen molar-refractivity contribution < 1.29 is 0 Å². The zero-order chi connectivity index (χ0) is 13.8. The highest BCUT2D eigenvalue weighted by atomic mass is 79.9. The summed E-state index contributed by atoms with van der Waals surface area (Å²) in [5.74, 6) is 0.846. The van der Waals surface area contributed by atoms with Crippen LogP contribution >= 0.6 is 27.7 Å². The van der Waals surface area contributed by atoms with Crippen molar-refractivity contribution in [2.24, 2.45) is 0 Å². The van der Waals surface area contributed by atoms with Crippen molar-refractivity contribution in [2.45, 2.75) is 37.6 Å². The number of hydrogen-bond donors (Lipinski definition) is 1. The third-order valence-corrected chi connectivity index (χ3v) is 4.68. The number of rotatable bonds is 5. The quantitative estimate of drug-likeness (QED) is 0.846. The number of thioether (sulfide) groups is 1. The molecule has 0 saturated carbocycles. The van der Waals surface area contributed by atoms with E-state index in [-0.39, 0.29) is 0 Å². The van der Waals surface area contributed by atoms with Crippen LogP contribution in [0.1, 0.15) is 25.2 Å².